The van der Waals surface area contributed by atoms with Crippen LogP contribution in [0.5, 0.6) is 11.5 Å². The van der Waals surface area contributed by atoms with E-state index in [-0.39, 0.29) is 0 Å². The summed E-state index contributed by atoms with van der Waals surface area (Å²) in [6.07, 6.45) is 2.80. The van der Waals surface area contributed by atoms with E-state index in [0.29, 0.717) is 6.61 Å². The minimum absolute atomic E-state index is 0.468. The quantitative estimate of drug-likeness (QED) is 0.926. The number of fused-ring (bicyclic) bond motifs is 1. The summed E-state index contributed by atoms with van der Waals surface area (Å²) in [6.45, 7) is 2.45. The molecule has 20 heavy (non-hydrogen) atoms. The molecule has 1 N–H and O–H groups in total. The van der Waals surface area contributed by atoms with Gasteiger partial charge in [0.25, 0.3) is 0 Å². The van der Waals surface area contributed by atoms with E-state index in [1.807, 2.05) is 18.2 Å². The summed E-state index contributed by atoms with van der Waals surface area (Å²) in [5, 5.41) is 3.37. The fourth-order valence-corrected chi connectivity index (χ4v) is 2.32. The minimum atomic E-state index is 0.468. The van der Waals surface area contributed by atoms with Crippen LogP contribution in [-0.2, 0) is 19.6 Å². The molecule has 4 heteroatoms. The van der Waals surface area contributed by atoms with Crippen molar-refractivity contribution in [2.24, 2.45) is 0 Å². The van der Waals surface area contributed by atoms with Crippen molar-refractivity contribution in [1.82, 2.24) is 10.3 Å². The Labute approximate surface area is 118 Å². The van der Waals surface area contributed by atoms with Crippen molar-refractivity contribution in [2.45, 2.75) is 19.6 Å². The molecule has 104 valence electrons. The first kappa shape index (κ1) is 12.9. The van der Waals surface area contributed by atoms with Crippen LogP contribution in [0, 0.1) is 0 Å². The van der Waals surface area contributed by atoms with E-state index >= 15 is 0 Å². The molecule has 0 aliphatic carbocycles. The van der Waals surface area contributed by atoms with E-state index in [4.69, 9.17) is 9.47 Å². The summed E-state index contributed by atoms with van der Waals surface area (Å²) < 4.78 is 10.9. The van der Waals surface area contributed by atoms with E-state index in [1.165, 1.54) is 11.1 Å². The molecular weight excluding hydrogens is 252 g/mol. The number of pyridine rings is 1. The molecule has 0 spiro atoms. The largest absolute Gasteiger partial charge is 0.495 e. The second-order valence-corrected chi connectivity index (χ2v) is 4.84. The van der Waals surface area contributed by atoms with Gasteiger partial charge in [0.2, 0.25) is 0 Å². The molecule has 1 aliphatic rings. The van der Waals surface area contributed by atoms with Crippen LogP contribution < -0.4 is 14.8 Å². The van der Waals surface area contributed by atoms with Gasteiger partial charge in [-0.1, -0.05) is 6.07 Å². The molecule has 1 aromatic heterocycles. The molecule has 4 nitrogen and oxygen atoms in total. The van der Waals surface area contributed by atoms with Crippen LogP contribution in [0.15, 0.2) is 36.5 Å². The number of hydrogen-bond acceptors (Lipinski definition) is 4. The van der Waals surface area contributed by atoms with Gasteiger partial charge in [-0.3, -0.25) is 4.98 Å². The Hall–Kier alpha value is -2.07. The highest BCUT2D eigenvalue weighted by molar-refractivity contribution is 5.37. The SMILES string of the molecule is COc1ccc(COc2ccc3c(c2)CNCC3)nc1. The van der Waals surface area contributed by atoms with Gasteiger partial charge >= 0.3 is 0 Å². The van der Waals surface area contributed by atoms with E-state index < -0.39 is 0 Å². The van der Waals surface area contributed by atoms with Crippen molar-refractivity contribution < 1.29 is 9.47 Å². The van der Waals surface area contributed by atoms with E-state index in [0.717, 1.165) is 36.7 Å². The van der Waals surface area contributed by atoms with Crippen molar-refractivity contribution >= 4 is 0 Å². The topological polar surface area (TPSA) is 43.4 Å². The molecule has 0 radical (unpaired) electrons. The lowest BCUT2D eigenvalue weighted by molar-refractivity contribution is 0.300. The highest BCUT2D eigenvalue weighted by Gasteiger charge is 2.09. The van der Waals surface area contributed by atoms with Crippen molar-refractivity contribution in [3.05, 3.63) is 53.3 Å². The molecule has 0 saturated carbocycles. The van der Waals surface area contributed by atoms with Crippen LogP contribution in [0.1, 0.15) is 16.8 Å². The third kappa shape index (κ3) is 2.91. The third-order valence-electron chi connectivity index (χ3n) is 3.48. The fourth-order valence-electron chi connectivity index (χ4n) is 2.32. The number of ether oxygens (including phenoxy) is 2. The van der Waals surface area contributed by atoms with Gasteiger partial charge in [-0.15, -0.1) is 0 Å². The Bertz CT molecular complexity index is 582. The second kappa shape index (κ2) is 5.92. The first-order valence-electron chi connectivity index (χ1n) is 6.79. The molecule has 0 unspecified atom stereocenters. The Morgan fingerprint density at radius 1 is 1.15 bits per heavy atom. The number of benzene rings is 1. The normalized spacial score (nSPS) is 13.7. The molecule has 0 bridgehead atoms. The predicted octanol–water partition coefficient (Wildman–Crippen LogP) is 2.31. The molecule has 0 amide bonds. The van der Waals surface area contributed by atoms with Crippen molar-refractivity contribution in [3.63, 3.8) is 0 Å². The van der Waals surface area contributed by atoms with Gasteiger partial charge in [-0.05, 0) is 48.4 Å². The van der Waals surface area contributed by atoms with Gasteiger partial charge in [0, 0.05) is 6.54 Å². The van der Waals surface area contributed by atoms with Crippen molar-refractivity contribution in [1.29, 1.82) is 0 Å². The van der Waals surface area contributed by atoms with E-state index in [1.54, 1.807) is 13.3 Å². The summed E-state index contributed by atoms with van der Waals surface area (Å²) in [4.78, 5) is 4.29. The third-order valence-corrected chi connectivity index (χ3v) is 3.48. The van der Waals surface area contributed by atoms with Crippen LogP contribution in [0.2, 0.25) is 0 Å². The maximum atomic E-state index is 5.80. The van der Waals surface area contributed by atoms with Crippen LogP contribution in [0.25, 0.3) is 0 Å². The molecule has 0 fully saturated rings. The maximum absolute atomic E-state index is 5.80. The van der Waals surface area contributed by atoms with Crippen molar-refractivity contribution in [3.8, 4) is 11.5 Å². The van der Waals surface area contributed by atoms with Gasteiger partial charge in [-0.2, -0.15) is 0 Å². The van der Waals surface area contributed by atoms with Crippen LogP contribution in [0.4, 0.5) is 0 Å². The second-order valence-electron chi connectivity index (χ2n) is 4.84. The summed E-state index contributed by atoms with van der Waals surface area (Å²) in [5.41, 5.74) is 3.64. The zero-order chi connectivity index (χ0) is 13.8. The highest BCUT2D eigenvalue weighted by Crippen LogP contribution is 2.21. The monoisotopic (exact) mass is 270 g/mol. The van der Waals surface area contributed by atoms with Crippen molar-refractivity contribution in [2.75, 3.05) is 13.7 Å². The first-order valence-corrected chi connectivity index (χ1v) is 6.79. The average molecular weight is 270 g/mol. The van der Waals surface area contributed by atoms with Crippen LogP contribution >= 0.6 is 0 Å². The molecule has 1 aromatic carbocycles. The fraction of sp³-hybridized carbons (Fsp3) is 0.312. The zero-order valence-corrected chi connectivity index (χ0v) is 11.6. The molecular formula is C16H18N2O2. The van der Waals surface area contributed by atoms with Crippen LogP contribution in [0.3, 0.4) is 0 Å². The maximum Gasteiger partial charge on any atom is 0.137 e. The Balaban J connectivity index is 1.65. The number of nitrogens with zero attached hydrogens (tertiary/aromatic N) is 1. The van der Waals surface area contributed by atoms with Gasteiger partial charge in [0.1, 0.15) is 18.1 Å². The lowest BCUT2D eigenvalue weighted by atomic mass is 10.0. The number of nitrogens with one attached hydrogen (secondary N) is 1. The van der Waals surface area contributed by atoms with Gasteiger partial charge in [0.05, 0.1) is 19.0 Å². The highest BCUT2D eigenvalue weighted by atomic mass is 16.5. The smallest absolute Gasteiger partial charge is 0.137 e. The molecule has 3 rings (SSSR count). The first-order chi connectivity index (χ1) is 9.85. The summed E-state index contributed by atoms with van der Waals surface area (Å²) >= 11 is 0. The number of aromatic nitrogens is 1. The molecule has 2 heterocycles. The summed E-state index contributed by atoms with van der Waals surface area (Å²) in [6, 6.07) is 10.1. The predicted molar refractivity (Wildman–Crippen MR) is 77.0 cm³/mol. The molecule has 0 atom stereocenters. The van der Waals surface area contributed by atoms with Gasteiger partial charge in [-0.25, -0.2) is 0 Å². The minimum Gasteiger partial charge on any atom is -0.495 e. The van der Waals surface area contributed by atoms with Gasteiger partial charge < -0.3 is 14.8 Å². The van der Waals surface area contributed by atoms with Crippen LogP contribution in [-0.4, -0.2) is 18.6 Å². The molecule has 2 aromatic rings. The standard InChI is InChI=1S/C16H18N2O2/c1-19-16-5-3-14(18-10-16)11-20-15-4-2-12-6-7-17-9-13(12)8-15/h2-5,8,10,17H,6-7,9,11H2,1H3. The summed E-state index contributed by atoms with van der Waals surface area (Å²) in [5.74, 6) is 1.65. The summed E-state index contributed by atoms with van der Waals surface area (Å²) in [7, 11) is 1.63. The molecule has 1 aliphatic heterocycles. The number of hydrogen-bond donors (Lipinski definition) is 1. The van der Waals surface area contributed by atoms with E-state index in [9.17, 15) is 0 Å². The Kier molecular flexibility index (Phi) is 3.83. The Morgan fingerprint density at radius 2 is 2.05 bits per heavy atom. The number of methoxy groups -OCH3 is 1. The lowest BCUT2D eigenvalue weighted by Gasteiger charge is -2.18. The average Bonchev–Trinajstić information content (AvgIpc) is 2.53. The molecule has 0 saturated heterocycles. The Morgan fingerprint density at radius 3 is 2.85 bits per heavy atom. The van der Waals surface area contributed by atoms with E-state index in [2.05, 4.69) is 22.4 Å². The number of rotatable bonds is 4. The lowest BCUT2D eigenvalue weighted by Crippen LogP contribution is -2.23. The zero-order valence-electron chi connectivity index (χ0n) is 11.6. The van der Waals surface area contributed by atoms with Gasteiger partial charge in [0.15, 0.2) is 0 Å².